The van der Waals surface area contributed by atoms with E-state index in [0.29, 0.717) is 6.42 Å². The summed E-state index contributed by atoms with van der Waals surface area (Å²) in [6.45, 7) is 2.12. The van der Waals surface area contributed by atoms with Crippen molar-refractivity contribution in [3.05, 3.63) is 58.9 Å². The molecule has 0 saturated carbocycles. The third kappa shape index (κ3) is 6.33. The fourth-order valence-electron chi connectivity index (χ4n) is 2.86. The highest BCUT2D eigenvalue weighted by Gasteiger charge is 2.23. The summed E-state index contributed by atoms with van der Waals surface area (Å²) in [5, 5.41) is 0. The summed E-state index contributed by atoms with van der Waals surface area (Å²) in [6, 6.07) is 6.00. The maximum atomic E-state index is 14.4. The number of hydrogen-bond acceptors (Lipinski definition) is 0. The molecule has 0 spiro atoms. The molecule has 0 unspecified atom stereocenters. The predicted molar refractivity (Wildman–Crippen MR) is 97.1 cm³/mol. The zero-order valence-electron chi connectivity index (χ0n) is 15.4. The lowest BCUT2D eigenvalue weighted by Gasteiger charge is -2.08. The Labute approximate surface area is 160 Å². The lowest BCUT2D eigenvalue weighted by Crippen LogP contribution is -2.02. The summed E-state index contributed by atoms with van der Waals surface area (Å²) in [6.07, 6.45) is 1.23. The molecule has 0 fully saturated rings. The van der Waals surface area contributed by atoms with Crippen molar-refractivity contribution in [2.75, 3.05) is 0 Å². The number of unbranched alkanes of at least 4 members (excludes halogenated alkanes) is 4. The molecule has 0 saturated heterocycles. The van der Waals surface area contributed by atoms with Crippen LogP contribution >= 0.6 is 0 Å². The summed E-state index contributed by atoms with van der Waals surface area (Å²) < 4.78 is 78.8. The fourth-order valence-corrected chi connectivity index (χ4v) is 2.86. The van der Waals surface area contributed by atoms with Gasteiger partial charge in [0.05, 0.1) is 5.56 Å². The van der Waals surface area contributed by atoms with E-state index in [-0.39, 0.29) is 11.1 Å². The van der Waals surface area contributed by atoms with Gasteiger partial charge in [-0.05, 0) is 42.2 Å². The van der Waals surface area contributed by atoms with Crippen molar-refractivity contribution in [2.24, 2.45) is 0 Å². The second kappa shape index (κ2) is 9.68. The van der Waals surface area contributed by atoms with Gasteiger partial charge >= 0.3 is 6.18 Å². The standard InChI is InChI=1S/C22H20F6/c1-2-3-4-5-6-7-15-8-9-17(19(23)12-15)16-13-20(24)18(21(25)14-16)10-11-22(26,27)28/h8-9,12-14H,2-7H2,1H3. The zero-order valence-corrected chi connectivity index (χ0v) is 15.4. The Bertz CT molecular complexity index is 848. The number of rotatable bonds is 7. The first-order chi connectivity index (χ1) is 13.2. The molecule has 0 aromatic heterocycles. The predicted octanol–water partition coefficient (Wildman–Crippen LogP) is 7.20. The molecule has 2 aromatic carbocycles. The van der Waals surface area contributed by atoms with Crippen LogP contribution in [0.4, 0.5) is 26.3 Å². The molecule has 2 aromatic rings. The molecule has 0 N–H and O–H groups in total. The van der Waals surface area contributed by atoms with Gasteiger partial charge < -0.3 is 0 Å². The molecule has 0 heterocycles. The van der Waals surface area contributed by atoms with Crippen molar-refractivity contribution in [1.29, 1.82) is 0 Å². The minimum Gasteiger partial charge on any atom is -0.206 e. The van der Waals surface area contributed by atoms with Gasteiger partial charge in [0.1, 0.15) is 17.5 Å². The molecule has 6 heteroatoms. The Morgan fingerprint density at radius 3 is 2.04 bits per heavy atom. The summed E-state index contributed by atoms with van der Waals surface area (Å²) in [7, 11) is 0. The van der Waals surface area contributed by atoms with Crippen LogP contribution in [-0.2, 0) is 6.42 Å². The lowest BCUT2D eigenvalue weighted by molar-refractivity contribution is -0.0696. The average molecular weight is 398 g/mol. The van der Waals surface area contributed by atoms with Crippen LogP contribution in [0.1, 0.15) is 50.2 Å². The highest BCUT2D eigenvalue weighted by molar-refractivity contribution is 5.66. The number of alkyl halides is 3. The molecule has 28 heavy (non-hydrogen) atoms. The Morgan fingerprint density at radius 2 is 1.46 bits per heavy atom. The van der Waals surface area contributed by atoms with Crippen LogP contribution in [0, 0.1) is 29.3 Å². The van der Waals surface area contributed by atoms with Gasteiger partial charge in [-0.1, -0.05) is 50.7 Å². The molecule has 0 amide bonds. The molecule has 0 radical (unpaired) electrons. The first kappa shape index (κ1) is 21.9. The van der Waals surface area contributed by atoms with Gasteiger partial charge in [0.2, 0.25) is 0 Å². The molecule has 0 aliphatic rings. The molecule has 0 aliphatic heterocycles. The van der Waals surface area contributed by atoms with E-state index in [4.69, 9.17) is 0 Å². The van der Waals surface area contributed by atoms with Crippen LogP contribution in [0.25, 0.3) is 11.1 Å². The van der Waals surface area contributed by atoms with E-state index in [2.05, 4.69) is 6.92 Å². The molecule has 0 aliphatic carbocycles. The van der Waals surface area contributed by atoms with E-state index in [9.17, 15) is 26.3 Å². The van der Waals surface area contributed by atoms with Gasteiger partial charge in [0.25, 0.3) is 0 Å². The van der Waals surface area contributed by atoms with Crippen molar-refractivity contribution >= 4 is 0 Å². The Morgan fingerprint density at radius 1 is 0.821 bits per heavy atom. The smallest absolute Gasteiger partial charge is 0.206 e. The van der Waals surface area contributed by atoms with Gasteiger partial charge in [-0.3, -0.25) is 0 Å². The third-order valence-corrected chi connectivity index (χ3v) is 4.28. The van der Waals surface area contributed by atoms with E-state index in [1.54, 1.807) is 6.07 Å². The third-order valence-electron chi connectivity index (χ3n) is 4.28. The summed E-state index contributed by atoms with van der Waals surface area (Å²) in [4.78, 5) is 0. The van der Waals surface area contributed by atoms with E-state index in [1.807, 2.05) is 0 Å². The van der Waals surface area contributed by atoms with Crippen molar-refractivity contribution in [3.63, 3.8) is 0 Å². The van der Waals surface area contributed by atoms with Crippen molar-refractivity contribution in [2.45, 2.75) is 51.6 Å². The number of hydrogen-bond donors (Lipinski definition) is 0. The van der Waals surface area contributed by atoms with Crippen molar-refractivity contribution < 1.29 is 26.3 Å². The normalized spacial score (nSPS) is 11.2. The lowest BCUT2D eigenvalue weighted by atomic mass is 9.99. The van der Waals surface area contributed by atoms with Gasteiger partial charge in [0, 0.05) is 11.5 Å². The molecule has 0 atom stereocenters. The van der Waals surface area contributed by atoms with E-state index in [1.165, 1.54) is 18.1 Å². The van der Waals surface area contributed by atoms with Gasteiger partial charge in [-0.25, -0.2) is 13.2 Å². The molecule has 150 valence electrons. The van der Waals surface area contributed by atoms with E-state index >= 15 is 0 Å². The molecule has 2 rings (SSSR count). The van der Waals surface area contributed by atoms with E-state index < -0.39 is 29.2 Å². The summed E-state index contributed by atoms with van der Waals surface area (Å²) in [5.74, 6) is -0.916. The Balaban J connectivity index is 2.20. The largest absolute Gasteiger partial charge is 0.458 e. The minimum absolute atomic E-state index is 0.0251. The summed E-state index contributed by atoms with van der Waals surface area (Å²) in [5.41, 5.74) is -0.334. The Kier molecular flexibility index (Phi) is 7.56. The fraction of sp³-hybridized carbons (Fsp3) is 0.364. The van der Waals surface area contributed by atoms with Crippen molar-refractivity contribution in [3.8, 4) is 23.0 Å². The van der Waals surface area contributed by atoms with Crippen LogP contribution in [-0.4, -0.2) is 6.18 Å². The van der Waals surface area contributed by atoms with E-state index in [0.717, 1.165) is 55.7 Å². The highest BCUT2D eigenvalue weighted by Crippen LogP contribution is 2.28. The monoisotopic (exact) mass is 398 g/mol. The van der Waals surface area contributed by atoms with Crippen LogP contribution in [0.2, 0.25) is 0 Å². The molecule has 0 bridgehead atoms. The second-order valence-electron chi connectivity index (χ2n) is 6.54. The first-order valence-electron chi connectivity index (χ1n) is 9.09. The summed E-state index contributed by atoms with van der Waals surface area (Å²) >= 11 is 0. The van der Waals surface area contributed by atoms with Crippen LogP contribution in [0.15, 0.2) is 30.3 Å². The van der Waals surface area contributed by atoms with Crippen LogP contribution in [0.3, 0.4) is 0 Å². The molecule has 0 nitrogen and oxygen atoms in total. The maximum Gasteiger partial charge on any atom is 0.458 e. The minimum atomic E-state index is -4.87. The molecular formula is C22H20F6. The SMILES string of the molecule is CCCCCCCc1ccc(-c2cc(F)c(C#CC(F)(F)F)c(F)c2)c(F)c1. The van der Waals surface area contributed by atoms with Gasteiger partial charge in [-0.2, -0.15) is 13.2 Å². The number of halogens is 6. The number of benzene rings is 2. The van der Waals surface area contributed by atoms with Crippen LogP contribution < -0.4 is 0 Å². The topological polar surface area (TPSA) is 0 Å². The quantitative estimate of drug-likeness (QED) is 0.263. The maximum absolute atomic E-state index is 14.4. The first-order valence-corrected chi connectivity index (χ1v) is 9.09. The van der Waals surface area contributed by atoms with Gasteiger partial charge in [0.15, 0.2) is 0 Å². The Hall–Kier alpha value is -2.42. The number of aryl methyl sites for hydroxylation is 1. The highest BCUT2D eigenvalue weighted by atomic mass is 19.4. The average Bonchev–Trinajstić information content (AvgIpc) is 2.60. The zero-order chi connectivity index (χ0) is 20.7. The van der Waals surface area contributed by atoms with Crippen molar-refractivity contribution in [1.82, 2.24) is 0 Å². The second-order valence-corrected chi connectivity index (χ2v) is 6.54. The van der Waals surface area contributed by atoms with Crippen LogP contribution in [0.5, 0.6) is 0 Å². The van der Waals surface area contributed by atoms with Gasteiger partial charge in [-0.15, -0.1) is 0 Å². The molecular weight excluding hydrogens is 378 g/mol.